The van der Waals surface area contributed by atoms with Crippen LogP contribution < -0.4 is 5.73 Å². The number of hydrogen-bond acceptors (Lipinski definition) is 2. The van der Waals surface area contributed by atoms with Gasteiger partial charge in [0, 0.05) is 13.1 Å². The fourth-order valence-electron chi connectivity index (χ4n) is 1.14. The van der Waals surface area contributed by atoms with E-state index in [1.807, 2.05) is 25.6 Å². The molecule has 0 radical (unpaired) electrons. The van der Waals surface area contributed by atoms with Gasteiger partial charge in [0.15, 0.2) is 0 Å². The van der Waals surface area contributed by atoms with E-state index in [9.17, 15) is 0 Å². The second-order valence-electron chi connectivity index (χ2n) is 2.70. The molecular weight excluding hydrogens is 206 g/mol. The van der Waals surface area contributed by atoms with E-state index in [0.29, 0.717) is 0 Å². The third kappa shape index (κ3) is 1.46. The Morgan fingerprint density at radius 1 is 1.64 bits per heavy atom. The molecule has 0 fully saturated rings. The van der Waals surface area contributed by atoms with Gasteiger partial charge in [-0.15, -0.1) is 0 Å². The first-order valence-corrected chi connectivity index (χ1v) is 4.28. The second-order valence-corrected chi connectivity index (χ2v) is 3.49. The van der Waals surface area contributed by atoms with Gasteiger partial charge < -0.3 is 5.73 Å². The van der Waals surface area contributed by atoms with Crippen molar-refractivity contribution in [3.63, 3.8) is 0 Å². The quantitative estimate of drug-likeness (QED) is 0.776. The third-order valence-electron chi connectivity index (χ3n) is 1.62. The van der Waals surface area contributed by atoms with E-state index in [1.54, 1.807) is 0 Å². The summed E-state index contributed by atoms with van der Waals surface area (Å²) >= 11 is 3.44. The van der Waals surface area contributed by atoms with E-state index in [2.05, 4.69) is 21.0 Å². The van der Waals surface area contributed by atoms with Crippen molar-refractivity contribution in [3.8, 4) is 0 Å². The van der Waals surface area contributed by atoms with Crippen LogP contribution in [-0.4, -0.2) is 9.78 Å². The van der Waals surface area contributed by atoms with Gasteiger partial charge in [0.2, 0.25) is 0 Å². The normalized spacial score (nSPS) is 13.5. The number of hydrogen-bond donors (Lipinski definition) is 1. The number of rotatable bonds is 1. The number of halogens is 1. The highest BCUT2D eigenvalue weighted by molar-refractivity contribution is 9.10. The van der Waals surface area contributed by atoms with Crippen molar-refractivity contribution in [2.45, 2.75) is 19.9 Å². The van der Waals surface area contributed by atoms with Gasteiger partial charge in [0.25, 0.3) is 0 Å². The van der Waals surface area contributed by atoms with Gasteiger partial charge >= 0.3 is 0 Å². The number of nitrogens with two attached hydrogens (primary N) is 1. The molecule has 0 spiro atoms. The molecule has 62 valence electrons. The molecule has 1 atom stereocenters. The van der Waals surface area contributed by atoms with Crippen LogP contribution in [0.1, 0.15) is 24.4 Å². The molecule has 1 aromatic rings. The summed E-state index contributed by atoms with van der Waals surface area (Å²) in [5.41, 5.74) is 7.77. The zero-order valence-electron chi connectivity index (χ0n) is 6.93. The molecule has 0 saturated heterocycles. The zero-order valence-corrected chi connectivity index (χ0v) is 8.51. The van der Waals surface area contributed by atoms with E-state index < -0.39 is 0 Å². The Bertz CT molecular complexity index is 265. The first-order valence-electron chi connectivity index (χ1n) is 3.48. The standard InChI is InChI=1S/C7H12BrN3/c1-4(9)7-6(8)5(2)10-11(7)3/h4H,9H2,1-3H3. The molecule has 0 saturated carbocycles. The molecule has 3 nitrogen and oxygen atoms in total. The maximum absolute atomic E-state index is 5.74. The second kappa shape index (κ2) is 2.95. The summed E-state index contributed by atoms with van der Waals surface area (Å²) in [5, 5.41) is 4.22. The monoisotopic (exact) mass is 217 g/mol. The Balaban J connectivity index is 3.22. The molecule has 11 heavy (non-hydrogen) atoms. The number of nitrogens with zero attached hydrogens (tertiary/aromatic N) is 2. The van der Waals surface area contributed by atoms with Crippen LogP contribution in [0.4, 0.5) is 0 Å². The average Bonchev–Trinajstić information content (AvgIpc) is 2.07. The fraction of sp³-hybridized carbons (Fsp3) is 0.571. The van der Waals surface area contributed by atoms with E-state index in [-0.39, 0.29) is 6.04 Å². The van der Waals surface area contributed by atoms with Gasteiger partial charge in [0.05, 0.1) is 15.9 Å². The molecular formula is C7H12BrN3. The van der Waals surface area contributed by atoms with Gasteiger partial charge in [-0.1, -0.05) is 0 Å². The van der Waals surface area contributed by atoms with Crippen molar-refractivity contribution in [1.29, 1.82) is 0 Å². The lowest BCUT2D eigenvalue weighted by molar-refractivity contribution is 0.650. The summed E-state index contributed by atoms with van der Waals surface area (Å²) in [4.78, 5) is 0. The van der Waals surface area contributed by atoms with Crippen molar-refractivity contribution in [2.75, 3.05) is 0 Å². The van der Waals surface area contributed by atoms with E-state index in [4.69, 9.17) is 5.73 Å². The van der Waals surface area contributed by atoms with Crippen molar-refractivity contribution >= 4 is 15.9 Å². The Morgan fingerprint density at radius 2 is 2.18 bits per heavy atom. The van der Waals surface area contributed by atoms with Crippen LogP contribution in [0.15, 0.2) is 4.47 Å². The molecule has 0 amide bonds. The maximum Gasteiger partial charge on any atom is 0.0739 e. The Hall–Kier alpha value is -0.350. The minimum atomic E-state index is 0.0237. The van der Waals surface area contributed by atoms with Crippen LogP contribution in [0.2, 0.25) is 0 Å². The molecule has 0 bridgehead atoms. The predicted molar refractivity (Wildman–Crippen MR) is 48.2 cm³/mol. The van der Waals surface area contributed by atoms with Crippen molar-refractivity contribution < 1.29 is 0 Å². The third-order valence-corrected chi connectivity index (χ3v) is 2.60. The van der Waals surface area contributed by atoms with Gasteiger partial charge in [-0.3, -0.25) is 4.68 Å². The predicted octanol–water partition coefficient (Wildman–Crippen LogP) is 1.51. The summed E-state index contributed by atoms with van der Waals surface area (Å²) in [6.07, 6.45) is 0. The van der Waals surface area contributed by atoms with Crippen LogP contribution in [0, 0.1) is 6.92 Å². The summed E-state index contributed by atoms with van der Waals surface area (Å²) < 4.78 is 2.83. The molecule has 1 aromatic heterocycles. The summed E-state index contributed by atoms with van der Waals surface area (Å²) in [6, 6.07) is 0.0237. The van der Waals surface area contributed by atoms with Crippen molar-refractivity contribution in [1.82, 2.24) is 9.78 Å². The highest BCUT2D eigenvalue weighted by Crippen LogP contribution is 2.24. The molecule has 1 heterocycles. The Kier molecular flexibility index (Phi) is 2.34. The zero-order chi connectivity index (χ0) is 8.59. The highest BCUT2D eigenvalue weighted by atomic mass is 79.9. The van der Waals surface area contributed by atoms with E-state index >= 15 is 0 Å². The SMILES string of the molecule is Cc1nn(C)c(C(C)N)c1Br. The lowest BCUT2D eigenvalue weighted by Crippen LogP contribution is -2.10. The first kappa shape index (κ1) is 8.74. The van der Waals surface area contributed by atoms with Crippen molar-refractivity contribution in [3.05, 3.63) is 15.9 Å². The van der Waals surface area contributed by atoms with E-state index in [1.165, 1.54) is 0 Å². The van der Waals surface area contributed by atoms with E-state index in [0.717, 1.165) is 15.9 Å². The minimum absolute atomic E-state index is 0.0237. The molecule has 0 aromatic carbocycles. The first-order chi connectivity index (χ1) is 5.04. The van der Waals surface area contributed by atoms with Crippen LogP contribution in [-0.2, 0) is 7.05 Å². The molecule has 1 unspecified atom stereocenters. The largest absolute Gasteiger partial charge is 0.323 e. The number of aryl methyl sites for hydroxylation is 2. The maximum atomic E-state index is 5.74. The van der Waals surface area contributed by atoms with Crippen LogP contribution in [0.25, 0.3) is 0 Å². The Labute approximate surface area is 74.7 Å². The lowest BCUT2D eigenvalue weighted by atomic mass is 10.2. The fourth-order valence-corrected chi connectivity index (χ4v) is 1.84. The van der Waals surface area contributed by atoms with Gasteiger partial charge in [0.1, 0.15) is 0 Å². The summed E-state index contributed by atoms with van der Waals surface area (Å²) in [6.45, 7) is 3.90. The molecule has 0 aliphatic rings. The van der Waals surface area contributed by atoms with Gasteiger partial charge in [-0.25, -0.2) is 0 Å². The molecule has 2 N–H and O–H groups in total. The Morgan fingerprint density at radius 3 is 2.36 bits per heavy atom. The van der Waals surface area contributed by atoms with Crippen LogP contribution in [0.3, 0.4) is 0 Å². The number of aromatic nitrogens is 2. The minimum Gasteiger partial charge on any atom is -0.323 e. The smallest absolute Gasteiger partial charge is 0.0739 e. The van der Waals surface area contributed by atoms with Gasteiger partial charge in [-0.2, -0.15) is 5.10 Å². The van der Waals surface area contributed by atoms with Crippen molar-refractivity contribution in [2.24, 2.45) is 12.8 Å². The highest BCUT2D eigenvalue weighted by Gasteiger charge is 2.13. The van der Waals surface area contributed by atoms with Crippen LogP contribution in [0.5, 0.6) is 0 Å². The lowest BCUT2D eigenvalue weighted by Gasteiger charge is -2.05. The summed E-state index contributed by atoms with van der Waals surface area (Å²) in [5.74, 6) is 0. The molecule has 0 aliphatic carbocycles. The van der Waals surface area contributed by atoms with Crippen LogP contribution >= 0.6 is 15.9 Å². The molecule has 4 heteroatoms. The molecule has 0 aliphatic heterocycles. The van der Waals surface area contributed by atoms with Gasteiger partial charge in [-0.05, 0) is 29.8 Å². The molecule has 1 rings (SSSR count). The topological polar surface area (TPSA) is 43.8 Å². The average molecular weight is 218 g/mol. The summed E-state index contributed by atoms with van der Waals surface area (Å²) in [7, 11) is 1.90.